The summed E-state index contributed by atoms with van der Waals surface area (Å²) in [6.07, 6.45) is 5.18. The summed E-state index contributed by atoms with van der Waals surface area (Å²) < 4.78 is 26.4. The molecule has 3 atom stereocenters. The molecule has 31 heavy (non-hydrogen) atoms. The van der Waals surface area contributed by atoms with Gasteiger partial charge >= 0.3 is 0 Å². The maximum Gasteiger partial charge on any atom is 0.281 e. The van der Waals surface area contributed by atoms with E-state index in [1.807, 2.05) is 19.1 Å². The highest BCUT2D eigenvalue weighted by Crippen LogP contribution is 2.43. The third-order valence-electron chi connectivity index (χ3n) is 5.52. The number of thioether (sulfide) groups is 1. The van der Waals surface area contributed by atoms with E-state index in [4.69, 9.17) is 32.7 Å². The third-order valence-corrected chi connectivity index (χ3v) is 7.54. The summed E-state index contributed by atoms with van der Waals surface area (Å²) in [4.78, 5) is 17.6. The summed E-state index contributed by atoms with van der Waals surface area (Å²) in [5, 5.41) is 0.794. The van der Waals surface area contributed by atoms with Gasteiger partial charge in [-0.1, -0.05) is 41.9 Å². The molecule has 2 aliphatic heterocycles. The number of nitrogens with one attached hydrogen (secondary N) is 1. The number of hydrogen-bond donors (Lipinski definition) is 1. The van der Waals surface area contributed by atoms with Gasteiger partial charge in [-0.15, -0.1) is 0 Å². The number of allylic oxidation sites excluding steroid dienone is 2. The Morgan fingerprint density at radius 3 is 2.84 bits per heavy atom. The molecule has 3 heterocycles. The summed E-state index contributed by atoms with van der Waals surface area (Å²) in [6, 6.07) is 3.33. The number of benzene rings is 1. The van der Waals surface area contributed by atoms with Crippen LogP contribution < -0.4 is 20.5 Å². The second kappa shape index (κ2) is 8.07. The minimum atomic E-state index is -0.907. The van der Waals surface area contributed by atoms with E-state index in [1.54, 1.807) is 16.8 Å². The SMILES string of the molecule is CC1CC(SC2C=Cc3c(-c4cc5c(cc4Cl)OCO5)c(=O)ncn3N2)=C(Cl)CC1F. The number of halogens is 3. The topological polar surface area (TPSA) is 65.4 Å². The highest BCUT2D eigenvalue weighted by molar-refractivity contribution is 8.03. The molecule has 0 fully saturated rings. The number of aromatic nitrogens is 2. The van der Waals surface area contributed by atoms with Crippen LogP contribution in [0, 0.1) is 5.92 Å². The van der Waals surface area contributed by atoms with Crippen molar-refractivity contribution in [3.05, 3.63) is 55.5 Å². The zero-order valence-corrected chi connectivity index (χ0v) is 18.7. The molecule has 2 aromatic rings. The quantitative estimate of drug-likeness (QED) is 0.654. The Balaban J connectivity index is 1.47. The van der Waals surface area contributed by atoms with Gasteiger partial charge in [0, 0.05) is 28.0 Å². The van der Waals surface area contributed by atoms with Crippen LogP contribution in [-0.2, 0) is 0 Å². The Labute approximate surface area is 192 Å². The molecule has 3 aliphatic rings. The number of fused-ring (bicyclic) bond motifs is 2. The van der Waals surface area contributed by atoms with Gasteiger partial charge in [-0.2, -0.15) is 4.98 Å². The molecule has 3 unspecified atom stereocenters. The van der Waals surface area contributed by atoms with E-state index < -0.39 is 11.7 Å². The Bertz CT molecular complexity index is 1180. The Kier molecular flexibility index (Phi) is 5.40. The first-order valence-corrected chi connectivity index (χ1v) is 11.4. The van der Waals surface area contributed by atoms with E-state index in [9.17, 15) is 9.18 Å². The van der Waals surface area contributed by atoms with Gasteiger partial charge in [-0.05, 0) is 30.6 Å². The molecule has 162 valence electrons. The normalized spacial score (nSPS) is 24.2. The van der Waals surface area contributed by atoms with Crippen molar-refractivity contribution in [2.75, 3.05) is 12.2 Å². The van der Waals surface area contributed by atoms with E-state index in [0.29, 0.717) is 44.8 Å². The average Bonchev–Trinajstić information content (AvgIpc) is 3.19. The van der Waals surface area contributed by atoms with Crippen LogP contribution in [0.4, 0.5) is 4.39 Å². The molecule has 0 saturated carbocycles. The summed E-state index contributed by atoms with van der Waals surface area (Å²) in [6.45, 7) is 2.00. The van der Waals surface area contributed by atoms with Crippen LogP contribution in [0.25, 0.3) is 17.2 Å². The number of ether oxygens (including phenoxy) is 2. The maximum atomic E-state index is 13.9. The molecule has 1 aliphatic carbocycles. The first-order chi connectivity index (χ1) is 14.9. The monoisotopic (exact) mass is 481 g/mol. The van der Waals surface area contributed by atoms with Crippen LogP contribution >= 0.6 is 35.0 Å². The van der Waals surface area contributed by atoms with Crippen LogP contribution in [0.15, 0.2) is 39.3 Å². The summed E-state index contributed by atoms with van der Waals surface area (Å²) in [5.74, 6) is 1.00. The maximum absolute atomic E-state index is 13.9. The van der Waals surface area contributed by atoms with E-state index in [2.05, 4.69) is 10.4 Å². The fourth-order valence-corrected chi connectivity index (χ4v) is 5.61. The van der Waals surface area contributed by atoms with Gasteiger partial charge in [-0.25, -0.2) is 9.07 Å². The zero-order valence-electron chi connectivity index (χ0n) is 16.4. The van der Waals surface area contributed by atoms with Crippen molar-refractivity contribution in [3.8, 4) is 22.6 Å². The second-order valence-electron chi connectivity index (χ2n) is 7.62. The van der Waals surface area contributed by atoms with Crippen molar-refractivity contribution in [2.45, 2.75) is 31.3 Å². The molecule has 1 aromatic carbocycles. The summed E-state index contributed by atoms with van der Waals surface area (Å²) >= 11 is 14.3. The van der Waals surface area contributed by atoms with Crippen molar-refractivity contribution in [2.24, 2.45) is 5.92 Å². The number of rotatable bonds is 3. The standard InChI is InChI=1S/C21H18Cl2FN3O3S/c1-10-4-18(13(23)6-14(10)24)31-19-3-2-15-20(21(28)25-8-27(15)26-19)11-5-16-17(7-12(11)22)30-9-29-16/h2-3,5,7-8,10,14,19,26H,4,6,9H2,1H3. The van der Waals surface area contributed by atoms with Gasteiger partial charge in [0.25, 0.3) is 5.56 Å². The molecule has 0 saturated heterocycles. The lowest BCUT2D eigenvalue weighted by Crippen LogP contribution is -2.32. The van der Waals surface area contributed by atoms with Crippen LogP contribution in [0.2, 0.25) is 5.02 Å². The minimum absolute atomic E-state index is 0.0676. The lowest BCUT2D eigenvalue weighted by Gasteiger charge is -2.29. The van der Waals surface area contributed by atoms with Crippen molar-refractivity contribution >= 4 is 41.0 Å². The lowest BCUT2D eigenvalue weighted by atomic mass is 9.94. The second-order valence-corrected chi connectivity index (χ2v) is 9.72. The molecule has 0 bridgehead atoms. The first-order valence-electron chi connectivity index (χ1n) is 9.75. The Hall–Kier alpha value is -2.16. The number of hydrogen-bond acceptors (Lipinski definition) is 6. The molecule has 1 aromatic heterocycles. The number of nitrogens with zero attached hydrogens (tertiary/aromatic N) is 2. The van der Waals surface area contributed by atoms with E-state index in [-0.39, 0.29) is 24.5 Å². The van der Waals surface area contributed by atoms with Gasteiger partial charge in [0.15, 0.2) is 11.5 Å². The van der Waals surface area contributed by atoms with Crippen LogP contribution in [-0.4, -0.2) is 28.0 Å². The molecule has 6 nitrogen and oxygen atoms in total. The van der Waals surface area contributed by atoms with Crippen LogP contribution in [0.5, 0.6) is 11.5 Å². The van der Waals surface area contributed by atoms with Gasteiger partial charge < -0.3 is 14.9 Å². The summed E-state index contributed by atoms with van der Waals surface area (Å²) in [5.41, 5.74) is 4.41. The molecule has 1 N–H and O–H groups in total. The highest BCUT2D eigenvalue weighted by Gasteiger charge is 2.29. The van der Waals surface area contributed by atoms with E-state index in [1.165, 1.54) is 18.1 Å². The van der Waals surface area contributed by atoms with Gasteiger partial charge in [-0.3, -0.25) is 4.79 Å². The lowest BCUT2D eigenvalue weighted by molar-refractivity contribution is 0.174. The molecule has 0 spiro atoms. The third kappa shape index (κ3) is 3.81. The van der Waals surface area contributed by atoms with Gasteiger partial charge in [0.2, 0.25) is 6.79 Å². The smallest absolute Gasteiger partial charge is 0.281 e. The molecule has 0 amide bonds. The molecule has 0 radical (unpaired) electrons. The fraction of sp³-hybridized carbons (Fsp3) is 0.333. The van der Waals surface area contributed by atoms with Crippen LogP contribution in [0.3, 0.4) is 0 Å². The zero-order chi connectivity index (χ0) is 21.7. The Morgan fingerprint density at radius 1 is 1.26 bits per heavy atom. The summed E-state index contributed by atoms with van der Waals surface area (Å²) in [7, 11) is 0. The molecule has 5 rings (SSSR count). The Morgan fingerprint density at radius 2 is 2.03 bits per heavy atom. The predicted octanol–water partition coefficient (Wildman–Crippen LogP) is 5.14. The minimum Gasteiger partial charge on any atom is -0.454 e. The first kappa shape index (κ1) is 20.7. The predicted molar refractivity (Wildman–Crippen MR) is 121 cm³/mol. The van der Waals surface area contributed by atoms with Crippen molar-refractivity contribution in [1.82, 2.24) is 9.66 Å². The largest absolute Gasteiger partial charge is 0.454 e. The molecular weight excluding hydrogens is 464 g/mol. The van der Waals surface area contributed by atoms with Gasteiger partial charge in [0.05, 0.1) is 16.3 Å². The van der Waals surface area contributed by atoms with Gasteiger partial charge in [0.1, 0.15) is 17.9 Å². The van der Waals surface area contributed by atoms with E-state index >= 15 is 0 Å². The number of alkyl halides is 1. The van der Waals surface area contributed by atoms with Crippen molar-refractivity contribution in [3.63, 3.8) is 0 Å². The van der Waals surface area contributed by atoms with Crippen molar-refractivity contribution < 1.29 is 13.9 Å². The van der Waals surface area contributed by atoms with Crippen LogP contribution in [0.1, 0.15) is 25.5 Å². The fourth-order valence-electron chi connectivity index (χ4n) is 3.80. The van der Waals surface area contributed by atoms with E-state index in [0.717, 1.165) is 4.91 Å². The van der Waals surface area contributed by atoms with Crippen molar-refractivity contribution in [1.29, 1.82) is 0 Å². The average molecular weight is 482 g/mol. The molecule has 10 heteroatoms. The molecular formula is C21H18Cl2FN3O3S. The highest BCUT2D eigenvalue weighted by atomic mass is 35.5.